The van der Waals surface area contributed by atoms with Crippen LogP contribution in [0, 0.1) is 35.5 Å². The molecule has 198 valence electrons. The molecule has 0 amide bonds. The Morgan fingerprint density at radius 3 is 1.43 bits per heavy atom. The molecule has 0 aromatic heterocycles. The second kappa shape index (κ2) is 14.8. The van der Waals surface area contributed by atoms with Gasteiger partial charge in [0.15, 0.2) is 0 Å². The van der Waals surface area contributed by atoms with Gasteiger partial charge >= 0.3 is 0 Å². The molecule has 3 fully saturated rings. The molecule has 4 rings (SSSR count). The summed E-state index contributed by atoms with van der Waals surface area (Å²) in [5.74, 6) is 6.25. The van der Waals surface area contributed by atoms with Gasteiger partial charge in [0, 0.05) is 0 Å². The predicted molar refractivity (Wildman–Crippen MR) is 150 cm³/mol. The maximum atomic E-state index is 12.4. The van der Waals surface area contributed by atoms with Crippen LogP contribution >= 0.6 is 0 Å². The zero-order valence-corrected chi connectivity index (χ0v) is 23.0. The van der Waals surface area contributed by atoms with Crippen LogP contribution in [0.25, 0.3) is 0 Å². The maximum Gasteiger partial charge on any atom is 0.0897 e. The molecule has 3 saturated carbocycles. The van der Waals surface area contributed by atoms with Crippen molar-refractivity contribution in [2.45, 2.75) is 135 Å². The summed E-state index contributed by atoms with van der Waals surface area (Å²) in [7, 11) is 0. The number of rotatable bonds is 12. The molecule has 0 atom stereocenters. The summed E-state index contributed by atoms with van der Waals surface area (Å²) in [6.45, 7) is 2.13. The monoisotopic (exact) mass is 482 g/mol. The summed E-state index contributed by atoms with van der Waals surface area (Å²) in [4.78, 5) is 0. The van der Waals surface area contributed by atoms with Crippen molar-refractivity contribution in [3.05, 3.63) is 35.4 Å². The third-order valence-electron chi connectivity index (χ3n) is 10.6. The third kappa shape index (κ3) is 8.60. The molecule has 0 saturated heterocycles. The molecule has 0 nitrogen and oxygen atoms in total. The number of hydrogen-bond donors (Lipinski definition) is 0. The molecule has 0 aliphatic heterocycles. The summed E-state index contributed by atoms with van der Waals surface area (Å²) in [5, 5.41) is 0. The van der Waals surface area contributed by atoms with Crippen LogP contribution in [0.4, 0.5) is 4.39 Å². The fourth-order valence-corrected chi connectivity index (χ4v) is 8.18. The van der Waals surface area contributed by atoms with Gasteiger partial charge in [-0.25, -0.2) is 0 Å². The Kier molecular flexibility index (Phi) is 11.5. The topological polar surface area (TPSA) is 0 Å². The molecule has 1 heteroatoms. The van der Waals surface area contributed by atoms with Gasteiger partial charge in [-0.2, -0.15) is 0 Å². The van der Waals surface area contributed by atoms with Gasteiger partial charge in [0.25, 0.3) is 0 Å². The summed E-state index contributed by atoms with van der Waals surface area (Å²) >= 11 is 0. The first-order valence-corrected chi connectivity index (χ1v) is 15.9. The average molecular weight is 483 g/mol. The lowest BCUT2D eigenvalue weighted by atomic mass is 9.64. The van der Waals surface area contributed by atoms with E-state index >= 15 is 0 Å². The first kappa shape index (κ1) is 27.2. The third-order valence-corrected chi connectivity index (χ3v) is 10.6. The van der Waals surface area contributed by atoms with Crippen molar-refractivity contribution < 1.29 is 4.39 Å². The number of alkyl halides is 1. The minimum absolute atomic E-state index is 0.202. The van der Waals surface area contributed by atoms with E-state index in [-0.39, 0.29) is 6.67 Å². The van der Waals surface area contributed by atoms with E-state index in [9.17, 15) is 4.39 Å². The minimum atomic E-state index is -0.202. The van der Waals surface area contributed by atoms with E-state index in [0.29, 0.717) is 6.42 Å². The molecule has 1 aromatic rings. The van der Waals surface area contributed by atoms with Gasteiger partial charge in [-0.05, 0) is 124 Å². The summed E-state index contributed by atoms with van der Waals surface area (Å²) in [5.41, 5.74) is 2.76. The Labute approximate surface area is 217 Å². The molecule has 3 aliphatic carbocycles. The van der Waals surface area contributed by atoms with Crippen LogP contribution in [-0.4, -0.2) is 6.67 Å². The van der Waals surface area contributed by atoms with Gasteiger partial charge in [-0.3, -0.25) is 4.39 Å². The fourth-order valence-electron chi connectivity index (χ4n) is 8.18. The van der Waals surface area contributed by atoms with Gasteiger partial charge in [0.2, 0.25) is 0 Å². The van der Waals surface area contributed by atoms with Crippen LogP contribution in [-0.2, 0) is 12.8 Å². The Balaban J connectivity index is 1.09. The van der Waals surface area contributed by atoms with Crippen molar-refractivity contribution in [1.82, 2.24) is 0 Å². The van der Waals surface area contributed by atoms with Gasteiger partial charge in [-0.15, -0.1) is 0 Å². The van der Waals surface area contributed by atoms with E-state index in [0.717, 1.165) is 41.9 Å². The fraction of sp³-hybridized carbons (Fsp3) is 0.824. The van der Waals surface area contributed by atoms with Crippen LogP contribution in [0.15, 0.2) is 24.3 Å². The van der Waals surface area contributed by atoms with Crippen LogP contribution in [0.5, 0.6) is 0 Å². The first-order valence-electron chi connectivity index (χ1n) is 15.9. The van der Waals surface area contributed by atoms with Crippen molar-refractivity contribution in [1.29, 1.82) is 0 Å². The van der Waals surface area contributed by atoms with Gasteiger partial charge < -0.3 is 0 Å². The molecule has 1 aromatic carbocycles. The van der Waals surface area contributed by atoms with Crippen molar-refractivity contribution >= 4 is 0 Å². The van der Waals surface area contributed by atoms with Gasteiger partial charge in [0.1, 0.15) is 0 Å². The second-order valence-corrected chi connectivity index (χ2v) is 12.9. The summed E-state index contributed by atoms with van der Waals surface area (Å²) < 4.78 is 12.4. The van der Waals surface area contributed by atoms with Gasteiger partial charge in [0.05, 0.1) is 6.67 Å². The van der Waals surface area contributed by atoms with E-state index < -0.39 is 0 Å². The zero-order valence-electron chi connectivity index (χ0n) is 23.0. The van der Waals surface area contributed by atoms with Crippen LogP contribution in [0.1, 0.15) is 134 Å². The number of halogens is 1. The lowest BCUT2D eigenvalue weighted by Crippen LogP contribution is -2.29. The minimum Gasteiger partial charge on any atom is -0.251 e. The van der Waals surface area contributed by atoms with E-state index in [4.69, 9.17) is 0 Å². The van der Waals surface area contributed by atoms with E-state index in [1.807, 2.05) is 0 Å². The molecule has 35 heavy (non-hydrogen) atoms. The van der Waals surface area contributed by atoms with Crippen LogP contribution < -0.4 is 0 Å². The largest absolute Gasteiger partial charge is 0.251 e. The molecular weight excluding hydrogens is 427 g/mol. The van der Waals surface area contributed by atoms with Gasteiger partial charge in [-0.1, -0.05) is 82.6 Å². The van der Waals surface area contributed by atoms with E-state index in [1.54, 1.807) is 51.4 Å². The lowest BCUT2D eigenvalue weighted by Gasteiger charge is -2.41. The summed E-state index contributed by atoms with van der Waals surface area (Å²) in [6, 6.07) is 9.02. The maximum absolute atomic E-state index is 12.4. The normalized spacial score (nSPS) is 31.9. The molecule has 0 spiro atoms. The molecule has 0 radical (unpaired) electrons. The second-order valence-electron chi connectivity index (χ2n) is 12.9. The van der Waals surface area contributed by atoms with Crippen molar-refractivity contribution in [3.8, 4) is 0 Å². The number of unbranched alkanes of at least 4 members (excludes halogenated alkanes) is 2. The number of benzene rings is 1. The predicted octanol–water partition coefficient (Wildman–Crippen LogP) is 10.5. The highest BCUT2D eigenvalue weighted by Crippen LogP contribution is 2.46. The quantitative estimate of drug-likeness (QED) is 0.260. The molecular formula is C34H55F. The Morgan fingerprint density at radius 2 is 0.971 bits per heavy atom. The number of aryl methyl sites for hydroxylation is 2. The first-order chi connectivity index (χ1) is 17.2. The average Bonchev–Trinajstić information content (AvgIpc) is 2.92. The molecule has 0 heterocycles. The van der Waals surface area contributed by atoms with Crippen LogP contribution in [0.3, 0.4) is 0 Å². The SMILES string of the molecule is CCCCCC1CCC(C2CCC(C3CCC(CCc4ccc(CCCF)cc4)CC3)CC2)CC1. The highest BCUT2D eigenvalue weighted by Gasteiger charge is 2.34. The van der Waals surface area contributed by atoms with Crippen molar-refractivity contribution in [2.75, 3.05) is 6.67 Å². The Hall–Kier alpha value is -0.850. The highest BCUT2D eigenvalue weighted by atomic mass is 19.1. The molecule has 0 bridgehead atoms. The standard InChI is InChI=1S/C34H55F/c1-2-3-4-6-27-14-18-31(19-15-27)33-22-24-34(25-23-33)32-20-16-30(17-21-32)13-12-29-10-8-28(9-11-29)7-5-26-35/h8-11,27,30-34H,2-7,12-26H2,1H3. The van der Waals surface area contributed by atoms with Crippen molar-refractivity contribution in [3.63, 3.8) is 0 Å². The van der Waals surface area contributed by atoms with Crippen molar-refractivity contribution in [2.24, 2.45) is 35.5 Å². The van der Waals surface area contributed by atoms with E-state index in [2.05, 4.69) is 31.2 Å². The number of hydrogen-bond acceptors (Lipinski definition) is 0. The lowest BCUT2D eigenvalue weighted by molar-refractivity contribution is 0.102. The van der Waals surface area contributed by atoms with Crippen LogP contribution in [0.2, 0.25) is 0 Å². The smallest absolute Gasteiger partial charge is 0.0897 e. The Bertz CT molecular complexity index is 669. The Morgan fingerprint density at radius 1 is 0.543 bits per heavy atom. The molecule has 0 N–H and O–H groups in total. The molecule has 0 unspecified atom stereocenters. The summed E-state index contributed by atoms with van der Waals surface area (Å²) in [6.07, 6.45) is 28.3. The zero-order chi connectivity index (χ0) is 24.3. The highest BCUT2D eigenvalue weighted by molar-refractivity contribution is 5.22. The molecule has 3 aliphatic rings. The van der Waals surface area contributed by atoms with E-state index in [1.165, 1.54) is 75.3 Å².